The van der Waals surface area contributed by atoms with Crippen LogP contribution in [-0.4, -0.2) is 12.7 Å². The molecule has 200 valence electrons. The van der Waals surface area contributed by atoms with Crippen molar-refractivity contribution in [3.05, 3.63) is 0 Å². The zero-order valence-corrected chi connectivity index (χ0v) is 23.8. The normalized spacial score (nSPS) is 25.5. The highest BCUT2D eigenvalue weighted by atomic mass is 16.5. The maximum Gasteiger partial charge on any atom is 0.0547 e. The highest BCUT2D eigenvalue weighted by Gasteiger charge is 2.49. The minimum atomic E-state index is 0.471. The Balaban J connectivity index is 0.00000158. The highest BCUT2D eigenvalue weighted by Crippen LogP contribution is 2.59. The van der Waals surface area contributed by atoms with Gasteiger partial charge in [0.15, 0.2) is 0 Å². The van der Waals surface area contributed by atoms with E-state index >= 15 is 0 Å². The van der Waals surface area contributed by atoms with Gasteiger partial charge in [-0.05, 0) is 100 Å². The molecular weight excluding hydrogens is 412 g/mol. The van der Waals surface area contributed by atoms with E-state index in [2.05, 4.69) is 6.92 Å². The summed E-state index contributed by atoms with van der Waals surface area (Å²) < 4.78 is 6.43. The predicted molar refractivity (Wildman–Crippen MR) is 149 cm³/mol. The van der Waals surface area contributed by atoms with E-state index in [0.29, 0.717) is 11.5 Å². The fourth-order valence-corrected chi connectivity index (χ4v) is 8.97. The van der Waals surface area contributed by atoms with E-state index in [1.165, 1.54) is 109 Å². The molecule has 1 atom stereocenters. The first-order valence-electron chi connectivity index (χ1n) is 16.4. The maximum absolute atomic E-state index is 6.43. The molecule has 1 heteroatoms. The van der Waals surface area contributed by atoms with Crippen LogP contribution in [0.4, 0.5) is 0 Å². The van der Waals surface area contributed by atoms with Gasteiger partial charge in [-0.2, -0.15) is 0 Å². The lowest BCUT2D eigenvalue weighted by atomic mass is 9.50. The average molecular weight is 475 g/mol. The van der Waals surface area contributed by atoms with Crippen molar-refractivity contribution in [3.63, 3.8) is 0 Å². The van der Waals surface area contributed by atoms with Gasteiger partial charge in [0.25, 0.3) is 0 Å². The second-order valence-electron chi connectivity index (χ2n) is 12.7. The van der Waals surface area contributed by atoms with Crippen molar-refractivity contribution in [2.24, 2.45) is 29.1 Å². The summed E-state index contributed by atoms with van der Waals surface area (Å²) in [4.78, 5) is 0. The van der Waals surface area contributed by atoms with Gasteiger partial charge in [0.05, 0.1) is 6.10 Å². The Morgan fingerprint density at radius 2 is 0.971 bits per heavy atom. The molecule has 0 radical (unpaired) electrons. The number of rotatable bonds is 10. The summed E-state index contributed by atoms with van der Waals surface area (Å²) >= 11 is 0. The molecule has 0 aromatic rings. The van der Waals surface area contributed by atoms with Crippen molar-refractivity contribution in [1.82, 2.24) is 0 Å². The first kappa shape index (κ1) is 28.5. The fourth-order valence-electron chi connectivity index (χ4n) is 8.97. The first-order valence-corrected chi connectivity index (χ1v) is 16.4. The molecule has 0 amide bonds. The summed E-state index contributed by atoms with van der Waals surface area (Å²) in [7, 11) is 0. The smallest absolute Gasteiger partial charge is 0.0547 e. The first-order chi connectivity index (χ1) is 16.8. The quantitative estimate of drug-likeness (QED) is 0.306. The molecule has 4 aliphatic rings. The SMILES string of the molecule is CC.CC(CCCC(C1CCCCC1)(C1CCCCC1)C1CCCCC1)OCC1CCCCC1. The topological polar surface area (TPSA) is 9.23 Å². The van der Waals surface area contributed by atoms with Crippen LogP contribution in [0.5, 0.6) is 0 Å². The molecule has 4 fully saturated rings. The minimum Gasteiger partial charge on any atom is -0.378 e. The van der Waals surface area contributed by atoms with Crippen LogP contribution in [0.25, 0.3) is 0 Å². The van der Waals surface area contributed by atoms with Crippen LogP contribution in [0, 0.1) is 29.1 Å². The molecule has 1 nitrogen and oxygen atoms in total. The third kappa shape index (κ3) is 7.98. The predicted octanol–water partition coefficient (Wildman–Crippen LogP) is 10.9. The zero-order valence-electron chi connectivity index (χ0n) is 23.8. The summed E-state index contributed by atoms with van der Waals surface area (Å²) in [5.74, 6) is 3.99. The van der Waals surface area contributed by atoms with E-state index in [1.54, 1.807) is 38.5 Å². The van der Waals surface area contributed by atoms with Crippen LogP contribution in [0.15, 0.2) is 0 Å². The minimum absolute atomic E-state index is 0.471. The van der Waals surface area contributed by atoms with Gasteiger partial charge in [-0.15, -0.1) is 0 Å². The second kappa shape index (κ2) is 15.9. The Morgan fingerprint density at radius 1 is 0.588 bits per heavy atom. The van der Waals surface area contributed by atoms with Crippen LogP contribution in [0.1, 0.15) is 168 Å². The van der Waals surface area contributed by atoms with Gasteiger partial charge in [0, 0.05) is 6.61 Å². The van der Waals surface area contributed by atoms with Crippen molar-refractivity contribution in [2.45, 2.75) is 175 Å². The molecule has 0 bridgehead atoms. The Hall–Kier alpha value is -0.0400. The highest BCUT2D eigenvalue weighted by molar-refractivity contribution is 4.99. The Bertz CT molecular complexity index is 443. The monoisotopic (exact) mass is 474 g/mol. The molecule has 0 saturated heterocycles. The summed E-state index contributed by atoms with van der Waals surface area (Å²) in [6.07, 6.45) is 34.9. The Labute approximate surface area is 215 Å². The van der Waals surface area contributed by atoms with Crippen LogP contribution >= 0.6 is 0 Å². The van der Waals surface area contributed by atoms with Crippen LogP contribution < -0.4 is 0 Å². The Kier molecular flexibility index (Phi) is 13.4. The van der Waals surface area contributed by atoms with E-state index in [9.17, 15) is 0 Å². The molecule has 0 heterocycles. The second-order valence-corrected chi connectivity index (χ2v) is 12.7. The third-order valence-electron chi connectivity index (χ3n) is 10.7. The van der Waals surface area contributed by atoms with Gasteiger partial charge in [0.2, 0.25) is 0 Å². The molecule has 0 aliphatic heterocycles. The molecule has 1 unspecified atom stereocenters. The molecular formula is C33H62O. The van der Waals surface area contributed by atoms with Gasteiger partial charge in [-0.1, -0.05) is 97.3 Å². The van der Waals surface area contributed by atoms with E-state index in [1.807, 2.05) is 13.8 Å². The standard InChI is InChI=1S/C31H56O.C2H6/c1-26(32-25-27-16-6-2-7-17-27)15-14-24-31(28-18-8-3-9-19-28,29-20-10-4-11-21-29)30-22-12-5-13-23-30;1-2/h26-30H,2-25H2,1H3;1-2H3. The van der Waals surface area contributed by atoms with Crippen molar-refractivity contribution >= 4 is 0 Å². The molecule has 34 heavy (non-hydrogen) atoms. The summed E-state index contributed by atoms with van der Waals surface area (Å²) in [6, 6.07) is 0. The molecule has 4 saturated carbocycles. The maximum atomic E-state index is 6.43. The van der Waals surface area contributed by atoms with Gasteiger partial charge in [-0.25, -0.2) is 0 Å². The third-order valence-corrected chi connectivity index (χ3v) is 10.7. The van der Waals surface area contributed by atoms with Crippen molar-refractivity contribution < 1.29 is 4.74 Å². The largest absolute Gasteiger partial charge is 0.378 e. The van der Waals surface area contributed by atoms with Crippen LogP contribution in [0.2, 0.25) is 0 Å². The van der Waals surface area contributed by atoms with Gasteiger partial charge in [0.1, 0.15) is 0 Å². The number of hydrogen-bond donors (Lipinski definition) is 0. The lowest BCUT2D eigenvalue weighted by Crippen LogP contribution is -2.47. The van der Waals surface area contributed by atoms with E-state index < -0.39 is 0 Å². The molecule has 4 rings (SSSR count). The average Bonchev–Trinajstić information content (AvgIpc) is 2.93. The number of hydrogen-bond acceptors (Lipinski definition) is 1. The summed E-state index contributed by atoms with van der Waals surface area (Å²) in [6.45, 7) is 7.42. The molecule has 0 spiro atoms. The van der Waals surface area contributed by atoms with Gasteiger partial charge >= 0.3 is 0 Å². The van der Waals surface area contributed by atoms with E-state index in [0.717, 1.165) is 30.3 Å². The number of ether oxygens (including phenoxy) is 1. The zero-order chi connectivity index (χ0) is 24.1. The van der Waals surface area contributed by atoms with E-state index in [-0.39, 0.29) is 0 Å². The molecule has 0 N–H and O–H groups in total. The van der Waals surface area contributed by atoms with Crippen molar-refractivity contribution in [2.75, 3.05) is 6.61 Å². The van der Waals surface area contributed by atoms with Gasteiger partial charge < -0.3 is 4.74 Å². The van der Waals surface area contributed by atoms with Crippen molar-refractivity contribution in [3.8, 4) is 0 Å². The fraction of sp³-hybridized carbons (Fsp3) is 1.00. The van der Waals surface area contributed by atoms with Gasteiger partial charge in [-0.3, -0.25) is 0 Å². The lowest BCUT2D eigenvalue weighted by Gasteiger charge is -2.55. The lowest BCUT2D eigenvalue weighted by molar-refractivity contribution is -0.0603. The summed E-state index contributed by atoms with van der Waals surface area (Å²) in [5.41, 5.74) is 0.685. The molecule has 4 aliphatic carbocycles. The van der Waals surface area contributed by atoms with E-state index in [4.69, 9.17) is 4.74 Å². The van der Waals surface area contributed by atoms with Crippen LogP contribution in [0.3, 0.4) is 0 Å². The molecule has 0 aromatic carbocycles. The molecule has 0 aromatic heterocycles. The van der Waals surface area contributed by atoms with Crippen molar-refractivity contribution in [1.29, 1.82) is 0 Å². The summed E-state index contributed by atoms with van der Waals surface area (Å²) in [5, 5.41) is 0. The van der Waals surface area contributed by atoms with Crippen LogP contribution in [-0.2, 0) is 4.74 Å². The Morgan fingerprint density at radius 3 is 1.38 bits per heavy atom.